The van der Waals surface area contributed by atoms with Crippen LogP contribution in [-0.4, -0.2) is 15.9 Å². The number of alkyl halides is 1. The van der Waals surface area contributed by atoms with E-state index >= 15 is 0 Å². The van der Waals surface area contributed by atoms with Gasteiger partial charge in [0.15, 0.2) is 5.75 Å². The zero-order chi connectivity index (χ0) is 13.5. The lowest BCUT2D eigenvalue weighted by Gasteiger charge is -2.48. The van der Waals surface area contributed by atoms with Crippen LogP contribution in [-0.2, 0) is 0 Å². The number of rotatable bonds is 3. The van der Waals surface area contributed by atoms with Crippen molar-refractivity contribution in [1.29, 1.82) is 0 Å². The minimum Gasteiger partial charge on any atom is -0.483 e. The number of nitro groups is 1. The van der Waals surface area contributed by atoms with Gasteiger partial charge in [-0.25, -0.2) is 0 Å². The number of nitrogens with zero attached hydrogens (tertiary/aromatic N) is 1. The van der Waals surface area contributed by atoms with Gasteiger partial charge in [-0.05, 0) is 12.5 Å². The predicted octanol–water partition coefficient (Wildman–Crippen LogP) is 4.19. The molecule has 0 bridgehead atoms. The number of halogens is 2. The first-order valence-electron chi connectivity index (χ1n) is 5.57. The Labute approximate surface area is 119 Å². The molecule has 1 aliphatic rings. The first-order valence-corrected chi connectivity index (χ1v) is 6.86. The van der Waals surface area contributed by atoms with Crippen LogP contribution in [0.5, 0.6) is 5.75 Å². The van der Waals surface area contributed by atoms with E-state index in [1.54, 1.807) is 0 Å². The van der Waals surface area contributed by atoms with Gasteiger partial charge in [0.1, 0.15) is 6.10 Å². The molecular weight excluding hydrogens is 321 g/mol. The molecule has 2 rings (SSSR count). The van der Waals surface area contributed by atoms with E-state index in [9.17, 15) is 10.1 Å². The van der Waals surface area contributed by atoms with E-state index in [1.807, 2.05) is 0 Å². The van der Waals surface area contributed by atoms with Gasteiger partial charge in [0.05, 0.1) is 4.92 Å². The van der Waals surface area contributed by atoms with Gasteiger partial charge in [-0.1, -0.05) is 41.4 Å². The fourth-order valence-electron chi connectivity index (χ4n) is 1.92. The van der Waals surface area contributed by atoms with Crippen molar-refractivity contribution in [2.24, 2.45) is 5.41 Å². The summed E-state index contributed by atoms with van der Waals surface area (Å²) < 4.78 is 5.75. The Kier molecular flexibility index (Phi) is 3.56. The largest absolute Gasteiger partial charge is 0.483 e. The van der Waals surface area contributed by atoms with Gasteiger partial charge in [-0.3, -0.25) is 10.1 Å². The molecule has 1 saturated carbocycles. The highest BCUT2D eigenvalue weighted by atomic mass is 79.9. The molecule has 6 heteroatoms. The number of nitro benzene ring substituents is 1. The Morgan fingerprint density at radius 3 is 2.72 bits per heavy atom. The summed E-state index contributed by atoms with van der Waals surface area (Å²) in [6.45, 7) is 4.13. The summed E-state index contributed by atoms with van der Waals surface area (Å²) >= 11 is 9.41. The summed E-state index contributed by atoms with van der Waals surface area (Å²) in [4.78, 5) is 10.8. The molecule has 0 aliphatic heterocycles. The summed E-state index contributed by atoms with van der Waals surface area (Å²) in [5.41, 5.74) is -0.0934. The molecule has 18 heavy (non-hydrogen) atoms. The van der Waals surface area contributed by atoms with Crippen LogP contribution in [0.3, 0.4) is 0 Å². The molecule has 0 heterocycles. The standard InChI is InChI=1S/C12H13BrClNO3/c1-12(2)10(13)6-11(12)18-9-5-7(14)3-4-8(9)15(16)17/h3-5,10-11H,6H2,1-2H3. The zero-order valence-corrected chi connectivity index (χ0v) is 12.4. The fourth-order valence-corrected chi connectivity index (χ4v) is 2.72. The topological polar surface area (TPSA) is 52.4 Å². The maximum atomic E-state index is 10.9. The summed E-state index contributed by atoms with van der Waals surface area (Å²) in [5, 5.41) is 11.4. The molecule has 2 atom stereocenters. The smallest absolute Gasteiger partial charge is 0.311 e. The normalized spacial score (nSPS) is 25.3. The van der Waals surface area contributed by atoms with Crippen LogP contribution in [0.25, 0.3) is 0 Å². The molecule has 1 aromatic rings. The van der Waals surface area contributed by atoms with Crippen LogP contribution >= 0.6 is 27.5 Å². The molecule has 0 radical (unpaired) electrons. The van der Waals surface area contributed by atoms with Crippen LogP contribution in [0.15, 0.2) is 18.2 Å². The van der Waals surface area contributed by atoms with Crippen LogP contribution in [0, 0.1) is 15.5 Å². The lowest BCUT2D eigenvalue weighted by molar-refractivity contribution is -0.386. The van der Waals surface area contributed by atoms with Crippen LogP contribution in [0.4, 0.5) is 5.69 Å². The van der Waals surface area contributed by atoms with Gasteiger partial charge >= 0.3 is 5.69 Å². The van der Waals surface area contributed by atoms with Crippen molar-refractivity contribution < 1.29 is 9.66 Å². The Balaban J connectivity index is 2.24. The highest BCUT2D eigenvalue weighted by Crippen LogP contribution is 2.48. The molecule has 0 N–H and O–H groups in total. The SMILES string of the molecule is CC1(C)C(Br)CC1Oc1cc(Cl)ccc1[N+](=O)[O-]. The molecule has 2 unspecified atom stereocenters. The van der Waals surface area contributed by atoms with E-state index in [1.165, 1.54) is 18.2 Å². The average Bonchev–Trinajstić information content (AvgIpc) is 2.28. The fraction of sp³-hybridized carbons (Fsp3) is 0.500. The van der Waals surface area contributed by atoms with E-state index in [-0.39, 0.29) is 23.0 Å². The van der Waals surface area contributed by atoms with Gasteiger partial charge in [-0.15, -0.1) is 0 Å². The summed E-state index contributed by atoms with van der Waals surface area (Å²) in [6, 6.07) is 4.36. The lowest BCUT2D eigenvalue weighted by atomic mass is 9.69. The Hall–Kier alpha value is -0.810. The number of hydrogen-bond acceptors (Lipinski definition) is 3. The third-order valence-corrected chi connectivity index (χ3v) is 5.23. The second-order valence-corrected chi connectivity index (χ2v) is 6.54. The first-order chi connectivity index (χ1) is 8.32. The molecule has 1 aliphatic carbocycles. The van der Waals surface area contributed by atoms with Crippen molar-refractivity contribution in [3.8, 4) is 5.75 Å². The molecule has 0 aromatic heterocycles. The maximum Gasteiger partial charge on any atom is 0.311 e. The zero-order valence-electron chi connectivity index (χ0n) is 10.0. The van der Waals surface area contributed by atoms with Gasteiger partial charge < -0.3 is 4.74 Å². The van der Waals surface area contributed by atoms with Crippen molar-refractivity contribution >= 4 is 33.2 Å². The third kappa shape index (κ3) is 2.34. The summed E-state index contributed by atoms with van der Waals surface area (Å²) in [7, 11) is 0. The van der Waals surface area contributed by atoms with Crippen molar-refractivity contribution in [3.63, 3.8) is 0 Å². The maximum absolute atomic E-state index is 10.9. The Morgan fingerprint density at radius 2 is 2.22 bits per heavy atom. The number of benzene rings is 1. The van der Waals surface area contributed by atoms with Crippen LogP contribution in [0.1, 0.15) is 20.3 Å². The number of hydrogen-bond donors (Lipinski definition) is 0. The molecule has 1 fully saturated rings. The Bertz CT molecular complexity index is 492. The average molecular weight is 335 g/mol. The Morgan fingerprint density at radius 1 is 1.56 bits per heavy atom. The minimum absolute atomic E-state index is 0.0426. The molecular formula is C12H13BrClNO3. The third-order valence-electron chi connectivity index (χ3n) is 3.45. The van der Waals surface area contributed by atoms with E-state index in [0.29, 0.717) is 9.85 Å². The van der Waals surface area contributed by atoms with Crippen molar-refractivity contribution in [3.05, 3.63) is 33.3 Å². The summed E-state index contributed by atoms with van der Waals surface area (Å²) in [6.07, 6.45) is 0.787. The quantitative estimate of drug-likeness (QED) is 0.473. The van der Waals surface area contributed by atoms with Gasteiger partial charge in [-0.2, -0.15) is 0 Å². The predicted molar refractivity (Wildman–Crippen MR) is 73.6 cm³/mol. The molecule has 98 valence electrons. The van der Waals surface area contributed by atoms with Crippen molar-refractivity contribution in [1.82, 2.24) is 0 Å². The molecule has 1 aromatic carbocycles. The lowest BCUT2D eigenvalue weighted by Crippen LogP contribution is -2.53. The highest BCUT2D eigenvalue weighted by molar-refractivity contribution is 9.09. The second kappa shape index (κ2) is 4.70. The van der Waals surface area contributed by atoms with Crippen molar-refractivity contribution in [2.75, 3.05) is 0 Å². The van der Waals surface area contributed by atoms with Crippen LogP contribution < -0.4 is 4.74 Å². The first kappa shape index (κ1) is 13.6. The van der Waals surface area contributed by atoms with Crippen LogP contribution in [0.2, 0.25) is 5.02 Å². The highest BCUT2D eigenvalue weighted by Gasteiger charge is 2.49. The van der Waals surface area contributed by atoms with Gasteiger partial charge in [0.25, 0.3) is 0 Å². The van der Waals surface area contributed by atoms with E-state index in [0.717, 1.165) is 6.42 Å². The van der Waals surface area contributed by atoms with E-state index in [4.69, 9.17) is 16.3 Å². The van der Waals surface area contributed by atoms with E-state index in [2.05, 4.69) is 29.8 Å². The minimum atomic E-state index is -0.455. The molecule has 0 saturated heterocycles. The van der Waals surface area contributed by atoms with E-state index < -0.39 is 4.92 Å². The van der Waals surface area contributed by atoms with Gasteiger partial charge in [0.2, 0.25) is 0 Å². The molecule has 0 amide bonds. The molecule has 0 spiro atoms. The summed E-state index contributed by atoms with van der Waals surface area (Å²) in [5.74, 6) is 0.241. The second-order valence-electron chi connectivity index (χ2n) is 5.00. The van der Waals surface area contributed by atoms with Gasteiger partial charge in [0, 0.05) is 27.4 Å². The number of ether oxygens (including phenoxy) is 1. The van der Waals surface area contributed by atoms with Crippen molar-refractivity contribution in [2.45, 2.75) is 31.2 Å². The monoisotopic (exact) mass is 333 g/mol. The molecule has 4 nitrogen and oxygen atoms in total.